The van der Waals surface area contributed by atoms with Crippen LogP contribution in [0.25, 0.3) is 0 Å². The number of amides is 1. The number of carbonyl (C=O) groups is 1. The smallest absolute Gasteiger partial charge is 0.277 e. The molecule has 0 saturated carbocycles. The van der Waals surface area contributed by atoms with Gasteiger partial charge in [0.15, 0.2) is 6.61 Å². The van der Waals surface area contributed by atoms with Gasteiger partial charge in [-0.15, -0.1) is 0 Å². The van der Waals surface area contributed by atoms with E-state index in [4.69, 9.17) is 16.3 Å². The van der Waals surface area contributed by atoms with Gasteiger partial charge in [0, 0.05) is 8.95 Å². The number of benzene rings is 2. The van der Waals surface area contributed by atoms with Crippen LogP contribution in [-0.4, -0.2) is 18.2 Å². The first-order valence-electron chi connectivity index (χ1n) is 6.62. The minimum Gasteiger partial charge on any atom is -0.482 e. The Balaban J connectivity index is 1.89. The van der Waals surface area contributed by atoms with E-state index in [0.717, 1.165) is 14.5 Å². The molecule has 0 spiro atoms. The maximum atomic E-state index is 11.8. The Morgan fingerprint density at radius 3 is 2.48 bits per heavy atom. The van der Waals surface area contributed by atoms with Crippen LogP contribution in [0.2, 0.25) is 5.02 Å². The molecule has 1 amide bonds. The fourth-order valence-corrected chi connectivity index (χ4v) is 2.66. The summed E-state index contributed by atoms with van der Waals surface area (Å²) in [6.07, 6.45) is 0. The van der Waals surface area contributed by atoms with Crippen LogP contribution in [0.4, 0.5) is 0 Å². The molecule has 2 aromatic carbocycles. The van der Waals surface area contributed by atoms with Crippen molar-refractivity contribution in [3.05, 3.63) is 62.0 Å². The van der Waals surface area contributed by atoms with Gasteiger partial charge in [0.1, 0.15) is 5.75 Å². The van der Waals surface area contributed by atoms with Crippen molar-refractivity contribution in [1.82, 2.24) is 5.43 Å². The summed E-state index contributed by atoms with van der Waals surface area (Å²) in [5.74, 6) is 0.0825. The van der Waals surface area contributed by atoms with Gasteiger partial charge in [-0.1, -0.05) is 55.6 Å². The highest BCUT2D eigenvalue weighted by molar-refractivity contribution is 9.10. The summed E-state index contributed by atoms with van der Waals surface area (Å²) >= 11 is 12.7. The molecule has 0 atom stereocenters. The van der Waals surface area contributed by atoms with Crippen molar-refractivity contribution in [2.24, 2.45) is 5.10 Å². The zero-order valence-corrected chi connectivity index (χ0v) is 16.1. The van der Waals surface area contributed by atoms with Gasteiger partial charge >= 0.3 is 0 Å². The molecule has 1 N–H and O–H groups in total. The summed E-state index contributed by atoms with van der Waals surface area (Å²) in [5, 5.41) is 4.49. The molecule has 2 rings (SSSR count). The Bertz CT molecular complexity index is 733. The molecule has 0 aliphatic rings. The van der Waals surface area contributed by atoms with E-state index in [0.29, 0.717) is 16.5 Å². The topological polar surface area (TPSA) is 50.7 Å². The van der Waals surface area contributed by atoms with Crippen molar-refractivity contribution in [2.75, 3.05) is 6.61 Å². The Morgan fingerprint density at radius 2 is 1.83 bits per heavy atom. The summed E-state index contributed by atoms with van der Waals surface area (Å²) in [6.45, 7) is 1.65. The highest BCUT2D eigenvalue weighted by Crippen LogP contribution is 2.27. The van der Waals surface area contributed by atoms with Crippen LogP contribution in [0.15, 0.2) is 56.5 Å². The van der Waals surface area contributed by atoms with Crippen LogP contribution < -0.4 is 10.2 Å². The van der Waals surface area contributed by atoms with Gasteiger partial charge in [-0.3, -0.25) is 4.79 Å². The number of halogens is 3. The molecule has 4 nitrogen and oxygen atoms in total. The Labute approximate surface area is 156 Å². The average molecular weight is 461 g/mol. The number of nitrogens with zero attached hydrogens (tertiary/aromatic N) is 1. The van der Waals surface area contributed by atoms with Crippen molar-refractivity contribution < 1.29 is 9.53 Å². The molecule has 120 valence electrons. The largest absolute Gasteiger partial charge is 0.482 e. The SMILES string of the molecule is CC(=NNC(=O)COc1ccc(Br)cc1Cl)c1ccc(Br)cc1. The first-order chi connectivity index (χ1) is 11.0. The molecule has 0 aliphatic heterocycles. The lowest BCUT2D eigenvalue weighted by Gasteiger charge is -2.07. The molecule has 0 fully saturated rings. The third-order valence-corrected chi connectivity index (χ3v) is 4.18. The van der Waals surface area contributed by atoms with Crippen LogP contribution in [0.5, 0.6) is 5.75 Å². The summed E-state index contributed by atoms with van der Waals surface area (Å²) in [4.78, 5) is 11.8. The molecule has 0 bridgehead atoms. The molecule has 0 aromatic heterocycles. The van der Waals surface area contributed by atoms with E-state index in [2.05, 4.69) is 42.4 Å². The lowest BCUT2D eigenvalue weighted by molar-refractivity contribution is -0.123. The second kappa shape index (κ2) is 8.47. The van der Waals surface area contributed by atoms with Crippen LogP contribution in [-0.2, 0) is 4.79 Å². The highest BCUT2D eigenvalue weighted by Gasteiger charge is 2.06. The second-order valence-corrected chi connectivity index (χ2v) is 6.84. The van der Waals surface area contributed by atoms with Gasteiger partial charge in [0.05, 0.1) is 10.7 Å². The van der Waals surface area contributed by atoms with E-state index in [1.54, 1.807) is 18.2 Å². The highest BCUT2D eigenvalue weighted by atomic mass is 79.9. The summed E-state index contributed by atoms with van der Waals surface area (Å²) in [6, 6.07) is 12.8. The molecule has 7 heteroatoms. The first kappa shape index (κ1) is 18.0. The molecule has 0 unspecified atom stereocenters. The number of ether oxygens (including phenoxy) is 1. The normalized spacial score (nSPS) is 11.2. The van der Waals surface area contributed by atoms with E-state index >= 15 is 0 Å². The van der Waals surface area contributed by atoms with Gasteiger partial charge in [0.25, 0.3) is 5.91 Å². The molecule has 0 aliphatic carbocycles. The number of carbonyl (C=O) groups excluding carboxylic acids is 1. The van der Waals surface area contributed by atoms with Crippen LogP contribution in [0, 0.1) is 0 Å². The average Bonchev–Trinajstić information content (AvgIpc) is 2.52. The quantitative estimate of drug-likeness (QED) is 0.516. The second-order valence-electron chi connectivity index (χ2n) is 4.60. The van der Waals surface area contributed by atoms with Crippen molar-refractivity contribution in [1.29, 1.82) is 0 Å². The van der Waals surface area contributed by atoms with E-state index < -0.39 is 0 Å². The zero-order valence-electron chi connectivity index (χ0n) is 12.1. The predicted molar refractivity (Wildman–Crippen MR) is 99.1 cm³/mol. The lowest BCUT2D eigenvalue weighted by Crippen LogP contribution is -2.25. The molecule has 0 saturated heterocycles. The Morgan fingerprint density at radius 1 is 1.17 bits per heavy atom. The minimum absolute atomic E-state index is 0.168. The molecule has 23 heavy (non-hydrogen) atoms. The van der Waals surface area contributed by atoms with Gasteiger partial charge < -0.3 is 4.74 Å². The van der Waals surface area contributed by atoms with E-state index in [-0.39, 0.29) is 12.5 Å². The molecular weight excluding hydrogens is 447 g/mol. The number of hydrogen-bond acceptors (Lipinski definition) is 3. The lowest BCUT2D eigenvalue weighted by atomic mass is 10.1. The maximum absolute atomic E-state index is 11.8. The molecular formula is C16H13Br2ClN2O2. The van der Waals surface area contributed by atoms with Crippen molar-refractivity contribution in [3.63, 3.8) is 0 Å². The van der Waals surface area contributed by atoms with E-state index in [9.17, 15) is 4.79 Å². The molecule has 2 aromatic rings. The monoisotopic (exact) mass is 458 g/mol. The zero-order chi connectivity index (χ0) is 16.8. The number of nitrogens with one attached hydrogen (secondary N) is 1. The van der Waals surface area contributed by atoms with E-state index in [1.807, 2.05) is 31.2 Å². The van der Waals surface area contributed by atoms with Crippen molar-refractivity contribution in [3.8, 4) is 5.75 Å². The third kappa shape index (κ3) is 5.64. The van der Waals surface area contributed by atoms with Crippen molar-refractivity contribution in [2.45, 2.75) is 6.92 Å². The summed E-state index contributed by atoms with van der Waals surface area (Å²) < 4.78 is 7.19. The summed E-state index contributed by atoms with van der Waals surface area (Å²) in [5.41, 5.74) is 4.08. The van der Waals surface area contributed by atoms with Crippen LogP contribution in [0.3, 0.4) is 0 Å². The number of rotatable bonds is 5. The van der Waals surface area contributed by atoms with Gasteiger partial charge in [-0.25, -0.2) is 5.43 Å². The first-order valence-corrected chi connectivity index (χ1v) is 8.59. The standard InChI is InChI=1S/C16H13Br2ClN2O2/c1-10(11-2-4-12(17)5-3-11)20-21-16(22)9-23-15-7-6-13(18)8-14(15)19/h2-8H,9H2,1H3,(H,21,22). The van der Waals surface area contributed by atoms with Crippen molar-refractivity contribution >= 4 is 55.1 Å². The van der Waals surface area contributed by atoms with Gasteiger partial charge in [-0.2, -0.15) is 5.10 Å². The predicted octanol–water partition coefficient (Wildman–Crippen LogP) is 4.78. The van der Waals surface area contributed by atoms with Gasteiger partial charge in [0.2, 0.25) is 0 Å². The Hall–Kier alpha value is -1.37. The fraction of sp³-hybridized carbons (Fsp3) is 0.125. The fourth-order valence-electron chi connectivity index (χ4n) is 1.67. The van der Waals surface area contributed by atoms with E-state index in [1.165, 1.54) is 0 Å². The van der Waals surface area contributed by atoms with Crippen LogP contribution in [0.1, 0.15) is 12.5 Å². The Kier molecular flexibility index (Phi) is 6.62. The summed E-state index contributed by atoms with van der Waals surface area (Å²) in [7, 11) is 0. The van der Waals surface area contributed by atoms with Gasteiger partial charge in [-0.05, 0) is 42.8 Å². The molecule has 0 heterocycles. The maximum Gasteiger partial charge on any atom is 0.277 e. The third-order valence-electron chi connectivity index (χ3n) is 2.86. The molecule has 0 radical (unpaired) electrons. The number of hydrazone groups is 1. The number of hydrogen-bond donors (Lipinski definition) is 1. The minimum atomic E-state index is -0.361. The van der Waals surface area contributed by atoms with Crippen LogP contribution >= 0.6 is 43.5 Å².